The fourth-order valence-electron chi connectivity index (χ4n) is 3.16. The lowest BCUT2D eigenvalue weighted by Gasteiger charge is -2.14. The molecule has 0 saturated heterocycles. The van der Waals surface area contributed by atoms with Gasteiger partial charge in [0.1, 0.15) is 5.75 Å². The second-order valence-electron chi connectivity index (χ2n) is 7.02. The van der Waals surface area contributed by atoms with Crippen molar-refractivity contribution in [3.05, 3.63) is 24.3 Å². The van der Waals surface area contributed by atoms with Gasteiger partial charge in [-0.2, -0.15) is 0 Å². The fourth-order valence-corrected chi connectivity index (χ4v) is 4.74. The van der Waals surface area contributed by atoms with Crippen molar-refractivity contribution in [3.8, 4) is 5.75 Å². The summed E-state index contributed by atoms with van der Waals surface area (Å²) in [6.07, 6.45) is 11.4. The van der Waals surface area contributed by atoms with E-state index in [0.717, 1.165) is 19.3 Å². The molecule has 4 N–H and O–H groups in total. The molecule has 0 aliphatic carbocycles. The molecule has 7 nitrogen and oxygen atoms in total. The summed E-state index contributed by atoms with van der Waals surface area (Å²) in [7, 11) is -2.40. The van der Waals surface area contributed by atoms with Crippen molar-refractivity contribution >= 4 is 15.8 Å². The Morgan fingerprint density at radius 2 is 1.38 bits per heavy atom. The molecule has 1 aromatic carbocycles. The van der Waals surface area contributed by atoms with Gasteiger partial charge in [-0.3, -0.25) is 4.79 Å². The zero-order valence-electron chi connectivity index (χ0n) is 17.7. The van der Waals surface area contributed by atoms with Crippen molar-refractivity contribution in [1.29, 1.82) is 0 Å². The van der Waals surface area contributed by atoms with Crippen molar-refractivity contribution in [2.24, 2.45) is 5.90 Å². The van der Waals surface area contributed by atoms with Gasteiger partial charge >= 0.3 is 5.97 Å². The molecule has 1 unspecified atom stereocenters. The highest BCUT2D eigenvalue weighted by Crippen LogP contribution is 2.23. The van der Waals surface area contributed by atoms with Gasteiger partial charge in [-0.1, -0.05) is 71.1 Å². The molecule has 29 heavy (non-hydrogen) atoms. The average molecular weight is 432 g/mol. The summed E-state index contributed by atoms with van der Waals surface area (Å²) >= 11 is 0. The number of rotatable bonds is 15. The number of benzene rings is 1. The summed E-state index contributed by atoms with van der Waals surface area (Å²) in [6, 6.07) is 5.88. The minimum Gasteiger partial charge on any atom is -0.497 e. The Hall–Kier alpha value is -1.64. The summed E-state index contributed by atoms with van der Waals surface area (Å²) in [5.74, 6) is 2.76. The second-order valence-corrected chi connectivity index (χ2v) is 9.15. The average Bonchev–Trinajstić information content (AvgIpc) is 2.73. The number of hydrogen-bond donors (Lipinski definition) is 3. The summed E-state index contributed by atoms with van der Waals surface area (Å²) in [5.41, 5.74) is 0. The highest BCUT2D eigenvalue weighted by Gasteiger charge is 2.33. The number of aliphatic carboxylic acids is 1. The van der Waals surface area contributed by atoms with Crippen molar-refractivity contribution in [2.45, 2.75) is 87.7 Å². The van der Waals surface area contributed by atoms with E-state index < -0.39 is 21.1 Å². The third kappa shape index (κ3) is 10.6. The van der Waals surface area contributed by atoms with Crippen LogP contribution >= 0.6 is 0 Å². The van der Waals surface area contributed by atoms with Gasteiger partial charge in [0.15, 0.2) is 15.1 Å². The number of carboxylic acid groups (broad SMARTS) is 1. The fraction of sp³-hybridized carbons (Fsp3) is 0.667. The van der Waals surface area contributed by atoms with E-state index in [9.17, 15) is 18.3 Å². The van der Waals surface area contributed by atoms with Crippen LogP contribution in [0.2, 0.25) is 0 Å². The van der Waals surface area contributed by atoms with E-state index in [1.165, 1.54) is 69.9 Å². The van der Waals surface area contributed by atoms with Gasteiger partial charge < -0.3 is 15.1 Å². The van der Waals surface area contributed by atoms with Crippen LogP contribution < -0.4 is 10.6 Å². The van der Waals surface area contributed by atoms with Gasteiger partial charge in [-0.05, 0) is 30.7 Å². The number of hydrogen-bond acceptors (Lipinski definition) is 6. The number of unbranched alkanes of at least 4 members (excludes halogenated alkanes) is 9. The lowest BCUT2D eigenvalue weighted by atomic mass is 10.1. The second kappa shape index (κ2) is 16.2. The van der Waals surface area contributed by atoms with Crippen molar-refractivity contribution in [2.75, 3.05) is 7.11 Å². The Bertz CT molecular complexity index is 646. The summed E-state index contributed by atoms with van der Waals surface area (Å²) in [4.78, 5) is 11.6. The van der Waals surface area contributed by atoms with Crippen LogP contribution in [0.1, 0.15) is 77.6 Å². The van der Waals surface area contributed by atoms with E-state index in [-0.39, 0.29) is 11.3 Å². The van der Waals surface area contributed by atoms with Crippen LogP contribution in [0.3, 0.4) is 0 Å². The number of carbonyl (C=O) groups is 1. The van der Waals surface area contributed by atoms with Gasteiger partial charge in [-0.25, -0.2) is 14.3 Å². The summed E-state index contributed by atoms with van der Waals surface area (Å²) < 4.78 is 30.3. The molecule has 1 atom stereocenters. The van der Waals surface area contributed by atoms with E-state index in [4.69, 9.17) is 9.94 Å². The van der Waals surface area contributed by atoms with E-state index in [1.54, 1.807) is 0 Å². The Kier molecular flexibility index (Phi) is 15.3. The first kappa shape index (κ1) is 27.4. The molecule has 0 aliphatic heterocycles. The normalized spacial score (nSPS) is 12.0. The molecule has 0 fully saturated rings. The number of nitrogens with two attached hydrogens (primary N) is 1. The van der Waals surface area contributed by atoms with E-state index in [0.29, 0.717) is 12.2 Å². The highest BCUT2D eigenvalue weighted by molar-refractivity contribution is 7.92. The van der Waals surface area contributed by atoms with E-state index in [1.807, 2.05) is 0 Å². The third-order valence-electron chi connectivity index (χ3n) is 4.86. The van der Waals surface area contributed by atoms with E-state index >= 15 is 0 Å². The van der Waals surface area contributed by atoms with Crippen LogP contribution in [0, 0.1) is 0 Å². The minimum absolute atomic E-state index is 0.0304. The maximum Gasteiger partial charge on any atom is 0.322 e. The van der Waals surface area contributed by atoms with Crippen LogP contribution in [-0.4, -0.2) is 37.1 Å². The van der Waals surface area contributed by atoms with Crippen molar-refractivity contribution in [3.63, 3.8) is 0 Å². The molecule has 8 heteroatoms. The molecule has 0 bridgehead atoms. The molecule has 0 spiro atoms. The van der Waals surface area contributed by atoms with Gasteiger partial charge in [0, 0.05) is 0 Å². The molecule has 0 aliphatic rings. The molecule has 1 rings (SSSR count). The zero-order valence-corrected chi connectivity index (χ0v) is 18.5. The van der Waals surface area contributed by atoms with Crippen molar-refractivity contribution < 1.29 is 28.3 Å². The summed E-state index contributed by atoms with van der Waals surface area (Å²) in [5, 5.41) is 14.5. The molecule has 0 heterocycles. The molecule has 0 radical (unpaired) electrons. The summed E-state index contributed by atoms with van der Waals surface area (Å²) in [6.45, 7) is 2.21. The van der Waals surface area contributed by atoms with Gasteiger partial charge in [0.2, 0.25) is 0 Å². The quantitative estimate of drug-likeness (QED) is 0.274. The smallest absolute Gasteiger partial charge is 0.322 e. The first-order chi connectivity index (χ1) is 13.9. The molecular formula is C21H37NO6S. The Balaban J connectivity index is 0.00000379. The third-order valence-corrected chi connectivity index (χ3v) is 6.97. The molecular weight excluding hydrogens is 394 g/mol. The van der Waals surface area contributed by atoms with Crippen molar-refractivity contribution in [1.82, 2.24) is 0 Å². The molecule has 1 aromatic rings. The number of ether oxygens (including phenoxy) is 1. The van der Waals surface area contributed by atoms with Gasteiger partial charge in [0.25, 0.3) is 0 Å². The predicted molar refractivity (Wildman–Crippen MR) is 114 cm³/mol. The standard InChI is InChI=1S/C21H34O5S.H3NO/c1-3-4-5-6-7-8-9-10-11-12-13-20(21(22)23)27(24,25)19-16-14-18(26-2)15-17-19;1-2/h14-17,20H,3-13H2,1-2H3,(H,22,23);2H,1H2. The van der Waals surface area contributed by atoms with Crippen LogP contribution in [0.4, 0.5) is 0 Å². The first-order valence-corrected chi connectivity index (χ1v) is 11.8. The molecule has 0 saturated carbocycles. The number of sulfone groups is 1. The van der Waals surface area contributed by atoms with Crippen LogP contribution in [-0.2, 0) is 14.6 Å². The number of methoxy groups -OCH3 is 1. The zero-order chi connectivity index (χ0) is 22.1. The Morgan fingerprint density at radius 3 is 1.79 bits per heavy atom. The SMILES string of the molecule is CCCCCCCCCCCCC(C(=O)O)S(=O)(=O)c1ccc(OC)cc1.NO. The largest absolute Gasteiger partial charge is 0.497 e. The van der Waals surface area contributed by atoms with Crippen LogP contribution in [0.5, 0.6) is 5.75 Å². The monoisotopic (exact) mass is 431 g/mol. The lowest BCUT2D eigenvalue weighted by Crippen LogP contribution is -2.30. The maximum atomic E-state index is 12.6. The van der Waals surface area contributed by atoms with Crippen LogP contribution in [0.15, 0.2) is 29.2 Å². The Labute approximate surface area is 175 Å². The topological polar surface area (TPSA) is 127 Å². The molecule has 168 valence electrons. The maximum absolute atomic E-state index is 12.6. The molecule has 0 aromatic heterocycles. The Morgan fingerprint density at radius 1 is 0.931 bits per heavy atom. The predicted octanol–water partition coefficient (Wildman–Crippen LogP) is 4.57. The number of carboxylic acids is 1. The van der Waals surface area contributed by atoms with E-state index in [2.05, 4.69) is 12.8 Å². The first-order valence-electron chi connectivity index (χ1n) is 10.3. The van der Waals surface area contributed by atoms with Gasteiger partial charge in [-0.15, -0.1) is 0 Å². The highest BCUT2D eigenvalue weighted by atomic mass is 32.2. The lowest BCUT2D eigenvalue weighted by molar-refractivity contribution is -0.136. The minimum atomic E-state index is -3.89. The molecule has 0 amide bonds. The van der Waals surface area contributed by atoms with Gasteiger partial charge in [0.05, 0.1) is 12.0 Å². The van der Waals surface area contributed by atoms with Crippen LogP contribution in [0.25, 0.3) is 0 Å².